The third kappa shape index (κ3) is 65.9. The molecule has 0 N–H and O–H groups in total. The minimum absolute atomic E-state index is 0.0935. The Labute approximate surface area is 498 Å². The summed E-state index contributed by atoms with van der Waals surface area (Å²) >= 11 is 0. The number of hydrogen-bond donors (Lipinski definition) is 0. The minimum Gasteiger partial charge on any atom is -0.462 e. The zero-order chi connectivity index (χ0) is 57.8. The van der Waals surface area contributed by atoms with Gasteiger partial charge in [0.05, 0.1) is 0 Å². The first-order valence-corrected chi connectivity index (χ1v) is 35.3. The zero-order valence-corrected chi connectivity index (χ0v) is 53.6. The Morgan fingerprint density at radius 1 is 0.263 bits per heavy atom. The zero-order valence-electron chi connectivity index (χ0n) is 53.6. The summed E-state index contributed by atoms with van der Waals surface area (Å²) in [5.74, 6) is -0.960. The minimum atomic E-state index is -0.804. The fourth-order valence-electron chi connectivity index (χ4n) is 10.5. The van der Waals surface area contributed by atoms with Gasteiger partial charge < -0.3 is 14.2 Å². The van der Waals surface area contributed by atoms with E-state index in [9.17, 15) is 14.4 Å². The van der Waals surface area contributed by atoms with E-state index < -0.39 is 6.10 Å². The average Bonchev–Trinajstić information content (AvgIpc) is 3.46. The summed E-state index contributed by atoms with van der Waals surface area (Å²) in [5, 5.41) is 0. The summed E-state index contributed by atoms with van der Waals surface area (Å²) in [4.78, 5) is 38.3. The first kappa shape index (κ1) is 77.1. The lowest BCUT2D eigenvalue weighted by atomic mass is 10.0. The largest absolute Gasteiger partial charge is 0.462 e. The normalized spacial score (nSPS) is 12.4. The molecule has 0 spiro atoms. The maximum Gasteiger partial charge on any atom is 0.306 e. The molecule has 0 fully saturated rings. The van der Waals surface area contributed by atoms with Crippen molar-refractivity contribution in [3.8, 4) is 0 Å². The Kier molecular flexibility index (Phi) is 66.1. The fraction of sp³-hybridized carbons (Fsp3) is 0.824. The molecule has 0 rings (SSSR count). The second-order valence-corrected chi connectivity index (χ2v) is 23.8. The van der Waals surface area contributed by atoms with Crippen molar-refractivity contribution in [3.63, 3.8) is 0 Å². The Morgan fingerprint density at radius 3 is 0.838 bits per heavy atom. The van der Waals surface area contributed by atoms with Gasteiger partial charge in [0.15, 0.2) is 6.10 Å². The standard InChI is InChI=1S/C74H134O6/c1-4-7-10-13-16-19-22-25-27-29-31-32-33-34-35-36-37-38-39-40-41-43-44-46-49-52-55-58-61-64-67-73(76)79-70-71(69-78-72(75)66-63-60-57-54-51-48-24-21-18-15-12-9-6-3)80-74(77)68-65-62-59-56-53-50-47-45-42-30-28-26-23-20-17-14-11-8-5-2/h9,12,18,21,26,28,48,51,57,60,71H,4-8,10-11,13-17,19-20,22-25,27,29-47,49-50,52-56,58-59,61-70H2,1-3H3/b12-9-,21-18-,28-26-,51-48-,60-57-. The Hall–Kier alpha value is -2.89. The molecule has 1 atom stereocenters. The smallest absolute Gasteiger partial charge is 0.306 e. The van der Waals surface area contributed by atoms with Gasteiger partial charge in [0.1, 0.15) is 13.2 Å². The molecule has 0 amide bonds. The molecular weight excluding hydrogens is 985 g/mol. The quantitative estimate of drug-likeness (QED) is 0.0261. The molecule has 0 aromatic heterocycles. The number of rotatable bonds is 65. The lowest BCUT2D eigenvalue weighted by Crippen LogP contribution is -2.30. The highest BCUT2D eigenvalue weighted by molar-refractivity contribution is 5.71. The van der Waals surface area contributed by atoms with E-state index in [1.165, 1.54) is 263 Å². The van der Waals surface area contributed by atoms with Crippen LogP contribution in [0.3, 0.4) is 0 Å². The van der Waals surface area contributed by atoms with Crippen LogP contribution in [0, 0.1) is 0 Å². The molecule has 0 aromatic carbocycles. The van der Waals surface area contributed by atoms with Gasteiger partial charge in [-0.2, -0.15) is 0 Å². The predicted molar refractivity (Wildman–Crippen MR) is 348 cm³/mol. The molecule has 80 heavy (non-hydrogen) atoms. The molecule has 6 heteroatoms. The number of carbonyl (C=O) groups excluding carboxylic acids is 3. The van der Waals surface area contributed by atoms with Crippen LogP contribution in [0.1, 0.15) is 374 Å². The van der Waals surface area contributed by atoms with Gasteiger partial charge in [0.2, 0.25) is 0 Å². The molecule has 0 radical (unpaired) electrons. The molecule has 0 aliphatic rings. The van der Waals surface area contributed by atoms with E-state index in [2.05, 4.69) is 75.5 Å². The Morgan fingerprint density at radius 2 is 0.512 bits per heavy atom. The number of allylic oxidation sites excluding steroid dienone is 10. The molecule has 0 aliphatic carbocycles. The van der Waals surface area contributed by atoms with Crippen molar-refractivity contribution in [1.29, 1.82) is 0 Å². The maximum atomic E-state index is 12.9. The average molecular weight is 1120 g/mol. The van der Waals surface area contributed by atoms with E-state index in [0.29, 0.717) is 19.3 Å². The van der Waals surface area contributed by atoms with E-state index in [1.807, 2.05) is 6.08 Å². The van der Waals surface area contributed by atoms with Crippen molar-refractivity contribution < 1.29 is 28.6 Å². The van der Waals surface area contributed by atoms with E-state index in [-0.39, 0.29) is 37.5 Å². The van der Waals surface area contributed by atoms with Crippen molar-refractivity contribution in [2.75, 3.05) is 13.2 Å². The van der Waals surface area contributed by atoms with Crippen molar-refractivity contribution in [2.45, 2.75) is 380 Å². The Balaban J connectivity index is 4.20. The van der Waals surface area contributed by atoms with Gasteiger partial charge in [-0.15, -0.1) is 0 Å². The SMILES string of the molecule is CC/C=C\C/C=C\C/C=C\C/C=C\CCC(=O)OCC(COC(=O)CCCCCCCCCCCCCCCCCCCCCCCCCCCCCCCC)OC(=O)CCCCCCCCCCC/C=C\CCCCCCCC. The first-order chi connectivity index (χ1) is 39.5. The monoisotopic (exact) mass is 1120 g/mol. The summed E-state index contributed by atoms with van der Waals surface area (Å²) in [6.07, 6.45) is 88.6. The van der Waals surface area contributed by atoms with Crippen molar-refractivity contribution in [3.05, 3.63) is 60.8 Å². The van der Waals surface area contributed by atoms with Gasteiger partial charge in [-0.05, 0) is 70.6 Å². The molecular formula is C74H134O6. The fourth-order valence-corrected chi connectivity index (χ4v) is 10.5. The van der Waals surface area contributed by atoms with Crippen molar-refractivity contribution in [1.82, 2.24) is 0 Å². The van der Waals surface area contributed by atoms with E-state index in [1.54, 1.807) is 0 Å². The second-order valence-electron chi connectivity index (χ2n) is 23.8. The molecule has 0 heterocycles. The molecule has 1 unspecified atom stereocenters. The van der Waals surface area contributed by atoms with Gasteiger partial charge in [-0.1, -0.05) is 345 Å². The summed E-state index contributed by atoms with van der Waals surface area (Å²) in [7, 11) is 0. The number of esters is 3. The van der Waals surface area contributed by atoms with Crippen LogP contribution < -0.4 is 0 Å². The van der Waals surface area contributed by atoms with E-state index in [0.717, 1.165) is 64.2 Å². The highest BCUT2D eigenvalue weighted by atomic mass is 16.6. The molecule has 0 aliphatic heterocycles. The summed E-state index contributed by atoms with van der Waals surface area (Å²) < 4.78 is 16.9. The van der Waals surface area contributed by atoms with Gasteiger partial charge in [-0.3, -0.25) is 14.4 Å². The van der Waals surface area contributed by atoms with E-state index >= 15 is 0 Å². The molecule has 0 saturated carbocycles. The third-order valence-electron chi connectivity index (χ3n) is 15.8. The first-order valence-electron chi connectivity index (χ1n) is 35.3. The Bertz CT molecular complexity index is 1430. The number of carbonyl (C=O) groups is 3. The highest BCUT2D eigenvalue weighted by Gasteiger charge is 2.19. The highest BCUT2D eigenvalue weighted by Crippen LogP contribution is 2.18. The predicted octanol–water partition coefficient (Wildman–Crippen LogP) is 24.3. The van der Waals surface area contributed by atoms with Crippen LogP contribution in [0.15, 0.2) is 60.8 Å². The van der Waals surface area contributed by atoms with Crippen molar-refractivity contribution in [2.24, 2.45) is 0 Å². The molecule has 0 saturated heterocycles. The van der Waals surface area contributed by atoms with Crippen LogP contribution in [0.4, 0.5) is 0 Å². The maximum absolute atomic E-state index is 12.9. The van der Waals surface area contributed by atoms with Gasteiger partial charge in [-0.25, -0.2) is 0 Å². The lowest BCUT2D eigenvalue weighted by Gasteiger charge is -2.18. The molecule has 466 valence electrons. The molecule has 0 aromatic rings. The van der Waals surface area contributed by atoms with Gasteiger partial charge in [0.25, 0.3) is 0 Å². The van der Waals surface area contributed by atoms with E-state index in [4.69, 9.17) is 14.2 Å². The summed E-state index contributed by atoms with van der Waals surface area (Å²) in [5.41, 5.74) is 0. The van der Waals surface area contributed by atoms with Gasteiger partial charge >= 0.3 is 17.9 Å². The number of hydrogen-bond acceptors (Lipinski definition) is 6. The summed E-state index contributed by atoms with van der Waals surface area (Å²) in [6.45, 7) is 6.52. The number of unbranched alkanes of at least 4 members (excludes halogenated alkanes) is 44. The van der Waals surface area contributed by atoms with Crippen LogP contribution >= 0.6 is 0 Å². The van der Waals surface area contributed by atoms with Crippen LogP contribution in [-0.2, 0) is 28.6 Å². The van der Waals surface area contributed by atoms with Crippen molar-refractivity contribution >= 4 is 17.9 Å². The summed E-state index contributed by atoms with van der Waals surface area (Å²) in [6, 6.07) is 0. The van der Waals surface area contributed by atoms with Gasteiger partial charge in [0, 0.05) is 19.3 Å². The molecule has 0 bridgehead atoms. The lowest BCUT2D eigenvalue weighted by molar-refractivity contribution is -0.166. The number of ether oxygens (including phenoxy) is 3. The van der Waals surface area contributed by atoms with Crippen LogP contribution in [0.5, 0.6) is 0 Å². The topological polar surface area (TPSA) is 78.9 Å². The van der Waals surface area contributed by atoms with Crippen LogP contribution in [-0.4, -0.2) is 37.2 Å². The third-order valence-corrected chi connectivity index (χ3v) is 15.8. The van der Waals surface area contributed by atoms with Crippen LogP contribution in [0.2, 0.25) is 0 Å². The second kappa shape index (κ2) is 68.6. The molecule has 6 nitrogen and oxygen atoms in total. The van der Waals surface area contributed by atoms with Crippen LogP contribution in [0.25, 0.3) is 0 Å².